The van der Waals surface area contributed by atoms with Crippen molar-refractivity contribution in [2.45, 2.75) is 56.1 Å². The van der Waals surface area contributed by atoms with Crippen molar-refractivity contribution < 1.29 is 36.3 Å². The van der Waals surface area contributed by atoms with E-state index in [-0.39, 0.29) is 17.4 Å². The van der Waals surface area contributed by atoms with Crippen molar-refractivity contribution in [3.05, 3.63) is 29.8 Å². The molecule has 1 amide bonds. The molecular weight excluding hydrogens is 487 g/mol. The van der Waals surface area contributed by atoms with E-state index in [1.165, 1.54) is 0 Å². The molecule has 3 aliphatic rings. The summed E-state index contributed by atoms with van der Waals surface area (Å²) in [6, 6.07) is 7.04. The highest BCUT2D eigenvalue weighted by Crippen LogP contribution is 2.44. The number of benzene rings is 1. The Labute approximate surface area is 203 Å². The summed E-state index contributed by atoms with van der Waals surface area (Å²) in [4.78, 5) is 24.3. The molecule has 2 atom stereocenters. The van der Waals surface area contributed by atoms with Crippen LogP contribution in [0.25, 0.3) is 0 Å². The van der Waals surface area contributed by atoms with Crippen LogP contribution >= 0.6 is 0 Å². The molecule has 3 heterocycles. The van der Waals surface area contributed by atoms with Crippen molar-refractivity contribution in [2.75, 3.05) is 32.7 Å². The van der Waals surface area contributed by atoms with Gasteiger partial charge in [-0.15, -0.1) is 0 Å². The molecule has 4 rings (SSSR count). The van der Waals surface area contributed by atoms with Gasteiger partial charge in [-0.1, -0.05) is 31.0 Å². The van der Waals surface area contributed by atoms with Crippen LogP contribution in [0.5, 0.6) is 0 Å². The first kappa shape index (κ1) is 27.4. The normalized spacial score (nSPS) is 24.5. The minimum Gasteiger partial charge on any atom is -0.475 e. The lowest BCUT2D eigenvalue weighted by Gasteiger charge is -2.42. The third-order valence-corrected chi connectivity index (χ3v) is 9.07. The molecule has 0 aromatic heterocycles. The molecule has 1 spiro atoms. The fourth-order valence-electron chi connectivity index (χ4n) is 5.19. The van der Waals surface area contributed by atoms with Crippen molar-refractivity contribution in [1.29, 1.82) is 0 Å². The third kappa shape index (κ3) is 5.97. The average molecular weight is 520 g/mol. The minimum absolute atomic E-state index is 0.0668. The van der Waals surface area contributed by atoms with Gasteiger partial charge in [0.2, 0.25) is 15.9 Å². The van der Waals surface area contributed by atoms with Gasteiger partial charge in [0.05, 0.1) is 10.8 Å². The number of carbonyl (C=O) groups is 2. The summed E-state index contributed by atoms with van der Waals surface area (Å²) in [6.45, 7) is 7.93. The second-order valence-electron chi connectivity index (χ2n) is 9.49. The molecule has 3 fully saturated rings. The number of amides is 1. The molecule has 0 bridgehead atoms. The highest BCUT2D eigenvalue weighted by molar-refractivity contribution is 7.89. The van der Waals surface area contributed by atoms with Crippen LogP contribution < -0.4 is 5.32 Å². The number of unbranched alkanes of at least 4 members (excludes halogenated alkanes) is 1. The van der Waals surface area contributed by atoms with E-state index >= 15 is 0 Å². The van der Waals surface area contributed by atoms with Gasteiger partial charge in [0, 0.05) is 37.6 Å². The number of aryl methyl sites for hydroxylation is 1. The van der Waals surface area contributed by atoms with E-state index in [1.54, 1.807) is 16.4 Å². The molecule has 0 radical (unpaired) electrons. The molecule has 0 saturated carbocycles. The predicted octanol–water partition coefficient (Wildman–Crippen LogP) is 2.63. The van der Waals surface area contributed by atoms with Crippen LogP contribution in [-0.4, -0.2) is 79.0 Å². The van der Waals surface area contributed by atoms with Gasteiger partial charge in [0.1, 0.15) is 0 Å². The number of nitrogens with zero attached hydrogens (tertiary/aromatic N) is 2. The first-order valence-electron chi connectivity index (χ1n) is 11.7. The lowest BCUT2D eigenvalue weighted by molar-refractivity contribution is -0.192. The zero-order valence-electron chi connectivity index (χ0n) is 19.8. The molecule has 3 saturated heterocycles. The van der Waals surface area contributed by atoms with Crippen LogP contribution in [0.4, 0.5) is 13.2 Å². The fraction of sp³-hybridized carbons (Fsp3) is 0.652. The van der Waals surface area contributed by atoms with E-state index < -0.39 is 22.2 Å². The van der Waals surface area contributed by atoms with Crippen LogP contribution in [0.3, 0.4) is 0 Å². The van der Waals surface area contributed by atoms with Gasteiger partial charge in [-0.3, -0.25) is 4.79 Å². The second kappa shape index (κ2) is 10.4. The summed E-state index contributed by atoms with van der Waals surface area (Å²) in [7, 11) is -3.47. The summed E-state index contributed by atoms with van der Waals surface area (Å²) >= 11 is 0. The lowest BCUT2D eigenvalue weighted by Crippen LogP contribution is -2.56. The number of rotatable bonds is 5. The second-order valence-corrected chi connectivity index (χ2v) is 11.4. The molecule has 0 unspecified atom stereocenters. The Morgan fingerprint density at radius 1 is 1.17 bits per heavy atom. The topological polar surface area (TPSA) is 107 Å². The molecule has 8 nitrogen and oxygen atoms in total. The van der Waals surface area contributed by atoms with Crippen molar-refractivity contribution in [2.24, 2.45) is 11.8 Å². The summed E-state index contributed by atoms with van der Waals surface area (Å²) < 4.78 is 59.3. The lowest BCUT2D eigenvalue weighted by atomic mass is 9.76. The maximum Gasteiger partial charge on any atom is 0.490 e. The number of alkyl halides is 3. The van der Waals surface area contributed by atoms with Crippen LogP contribution in [0.1, 0.15) is 38.2 Å². The first-order valence-corrected chi connectivity index (χ1v) is 13.2. The zero-order chi connectivity index (χ0) is 26.0. The summed E-state index contributed by atoms with van der Waals surface area (Å²) in [5.41, 5.74) is 0.812. The number of halogens is 3. The Kier molecular flexibility index (Phi) is 8.17. The molecular formula is C23H32F3N3O5S. The van der Waals surface area contributed by atoms with Gasteiger partial charge in [0.15, 0.2) is 0 Å². The van der Waals surface area contributed by atoms with E-state index in [9.17, 15) is 26.4 Å². The number of nitrogens with one attached hydrogen (secondary N) is 1. The SMILES string of the molecule is CCCCN1C[C@H]2C(=O)NC3(CCN(S(=O)(=O)c4ccc(C)cc4)CC3)[C@H]2C1.O=C(O)C(F)(F)F. The van der Waals surface area contributed by atoms with Crippen molar-refractivity contribution in [3.63, 3.8) is 0 Å². The number of fused-ring (bicyclic) bond motifs is 2. The Morgan fingerprint density at radius 3 is 2.26 bits per heavy atom. The van der Waals surface area contributed by atoms with E-state index in [0.29, 0.717) is 36.7 Å². The quantitative estimate of drug-likeness (QED) is 0.620. The largest absolute Gasteiger partial charge is 0.490 e. The molecule has 3 aliphatic heterocycles. The minimum atomic E-state index is -5.08. The smallest absolute Gasteiger partial charge is 0.475 e. The maximum absolute atomic E-state index is 13.0. The summed E-state index contributed by atoms with van der Waals surface area (Å²) in [5, 5.41) is 10.4. The number of sulfonamides is 1. The van der Waals surface area contributed by atoms with E-state index in [1.807, 2.05) is 19.1 Å². The standard InChI is InChI=1S/C21H31N3O3S.C2HF3O2/c1-3-4-11-23-14-18-19(15-23)21(22-20(18)25)9-12-24(13-10-21)28(26,27)17-7-5-16(2)6-8-17;3-2(4,5)1(6)7/h5-8,18-19H,3-4,9-15H2,1-2H3,(H,22,25);(H,6,7)/t18-,19+;/m1./s1. The number of likely N-dealkylation sites (tertiary alicyclic amines) is 1. The molecule has 35 heavy (non-hydrogen) atoms. The average Bonchev–Trinajstić information content (AvgIpc) is 3.32. The molecule has 196 valence electrons. The van der Waals surface area contributed by atoms with Crippen LogP contribution in [0.2, 0.25) is 0 Å². The van der Waals surface area contributed by atoms with Crippen LogP contribution in [-0.2, 0) is 19.6 Å². The molecule has 2 N–H and O–H groups in total. The Hall–Kier alpha value is -2.18. The van der Waals surface area contributed by atoms with Crippen molar-refractivity contribution in [3.8, 4) is 0 Å². The monoisotopic (exact) mass is 519 g/mol. The fourth-order valence-corrected chi connectivity index (χ4v) is 6.63. The number of aliphatic carboxylic acids is 1. The number of carboxylic acid groups (broad SMARTS) is 1. The number of carboxylic acids is 1. The number of piperidine rings is 1. The highest BCUT2D eigenvalue weighted by atomic mass is 32.2. The Morgan fingerprint density at radius 2 is 1.74 bits per heavy atom. The van der Waals surface area contributed by atoms with E-state index in [2.05, 4.69) is 17.1 Å². The molecule has 1 aromatic carbocycles. The van der Waals surface area contributed by atoms with Gasteiger partial charge < -0.3 is 15.3 Å². The first-order chi connectivity index (χ1) is 16.3. The van der Waals surface area contributed by atoms with Gasteiger partial charge in [-0.25, -0.2) is 13.2 Å². The highest BCUT2D eigenvalue weighted by Gasteiger charge is 2.57. The Balaban J connectivity index is 0.000000429. The molecule has 12 heteroatoms. The molecule has 0 aliphatic carbocycles. The van der Waals surface area contributed by atoms with E-state index in [4.69, 9.17) is 9.90 Å². The third-order valence-electron chi connectivity index (χ3n) is 7.16. The van der Waals surface area contributed by atoms with Gasteiger partial charge in [0.25, 0.3) is 0 Å². The number of carbonyl (C=O) groups excluding carboxylic acids is 1. The summed E-state index contributed by atoms with van der Waals surface area (Å²) in [6.07, 6.45) is -1.36. The maximum atomic E-state index is 13.0. The molecule has 1 aromatic rings. The van der Waals surface area contributed by atoms with Crippen molar-refractivity contribution in [1.82, 2.24) is 14.5 Å². The van der Waals surface area contributed by atoms with E-state index in [0.717, 1.165) is 38.0 Å². The van der Waals surface area contributed by atoms with Gasteiger partial charge in [-0.05, 0) is 44.9 Å². The van der Waals surface area contributed by atoms with Gasteiger partial charge >= 0.3 is 12.1 Å². The number of hydrogen-bond donors (Lipinski definition) is 2. The summed E-state index contributed by atoms with van der Waals surface area (Å²) in [5.74, 6) is -2.22. The van der Waals surface area contributed by atoms with Crippen LogP contribution in [0, 0.1) is 18.8 Å². The zero-order valence-corrected chi connectivity index (χ0v) is 20.7. The van der Waals surface area contributed by atoms with Crippen LogP contribution in [0.15, 0.2) is 29.2 Å². The van der Waals surface area contributed by atoms with Gasteiger partial charge in [-0.2, -0.15) is 17.5 Å². The predicted molar refractivity (Wildman–Crippen MR) is 122 cm³/mol. The van der Waals surface area contributed by atoms with Crippen molar-refractivity contribution >= 4 is 21.9 Å². The Bertz CT molecular complexity index is 1020. The number of hydrogen-bond acceptors (Lipinski definition) is 5.